The van der Waals surface area contributed by atoms with Crippen LogP contribution in [0.2, 0.25) is 0 Å². The van der Waals surface area contributed by atoms with Crippen molar-refractivity contribution < 1.29 is 22.7 Å². The van der Waals surface area contributed by atoms with Crippen molar-refractivity contribution in [2.24, 2.45) is 0 Å². The number of nitrogens with one attached hydrogen (secondary N) is 1. The summed E-state index contributed by atoms with van der Waals surface area (Å²) in [5, 5.41) is 3.15. The van der Waals surface area contributed by atoms with Crippen LogP contribution in [0.3, 0.4) is 0 Å². The molecule has 1 unspecified atom stereocenters. The van der Waals surface area contributed by atoms with Gasteiger partial charge in [-0.2, -0.15) is 13.2 Å². The number of amides is 1. The van der Waals surface area contributed by atoms with Crippen LogP contribution < -0.4 is 5.32 Å². The highest BCUT2D eigenvalue weighted by atomic mass is 35.5. The van der Waals surface area contributed by atoms with Gasteiger partial charge in [0.1, 0.15) is 0 Å². The largest absolute Gasteiger partial charge is 0.401 e. The summed E-state index contributed by atoms with van der Waals surface area (Å²) in [6.45, 7) is 2.40. The van der Waals surface area contributed by atoms with Crippen molar-refractivity contribution in [1.82, 2.24) is 15.1 Å². The van der Waals surface area contributed by atoms with Crippen LogP contribution in [0.5, 0.6) is 0 Å². The monoisotopic (exact) mass is 367 g/mol. The maximum Gasteiger partial charge on any atom is 0.401 e. The molecular formula is C12H22Cl2F3N3O2. The molecule has 1 atom stereocenters. The van der Waals surface area contributed by atoms with Gasteiger partial charge in [0.05, 0.1) is 25.7 Å². The van der Waals surface area contributed by atoms with E-state index in [4.69, 9.17) is 4.74 Å². The lowest BCUT2D eigenvalue weighted by Gasteiger charge is -2.36. The molecule has 0 aromatic carbocycles. The topological polar surface area (TPSA) is 44.8 Å². The molecule has 0 spiro atoms. The van der Waals surface area contributed by atoms with Crippen molar-refractivity contribution in [1.29, 1.82) is 0 Å². The molecule has 0 aliphatic carbocycles. The Morgan fingerprint density at radius 2 is 1.82 bits per heavy atom. The van der Waals surface area contributed by atoms with Crippen molar-refractivity contribution in [2.45, 2.75) is 18.7 Å². The number of halogens is 5. The van der Waals surface area contributed by atoms with Gasteiger partial charge in [0.25, 0.3) is 0 Å². The van der Waals surface area contributed by atoms with E-state index in [2.05, 4.69) is 5.32 Å². The molecule has 2 rings (SSSR count). The number of nitrogens with zero attached hydrogens (tertiary/aromatic N) is 2. The summed E-state index contributed by atoms with van der Waals surface area (Å²) < 4.78 is 42.2. The highest BCUT2D eigenvalue weighted by Gasteiger charge is 2.33. The van der Waals surface area contributed by atoms with Crippen molar-refractivity contribution in [3.05, 3.63) is 0 Å². The highest BCUT2D eigenvalue weighted by molar-refractivity contribution is 5.85. The zero-order valence-corrected chi connectivity index (χ0v) is 13.7. The number of alkyl halides is 3. The van der Waals surface area contributed by atoms with Crippen molar-refractivity contribution >= 4 is 30.7 Å². The van der Waals surface area contributed by atoms with Gasteiger partial charge < -0.3 is 15.0 Å². The van der Waals surface area contributed by atoms with Gasteiger partial charge in [-0.15, -0.1) is 24.8 Å². The summed E-state index contributed by atoms with van der Waals surface area (Å²) >= 11 is 0. The predicted octanol–water partition coefficient (Wildman–Crippen LogP) is 0.915. The Kier molecular flexibility index (Phi) is 9.64. The third-order valence-electron chi connectivity index (χ3n) is 3.53. The van der Waals surface area contributed by atoms with Crippen LogP contribution in [0.4, 0.5) is 13.2 Å². The molecule has 2 saturated heterocycles. The third kappa shape index (κ3) is 7.32. The summed E-state index contributed by atoms with van der Waals surface area (Å²) in [4.78, 5) is 15.0. The van der Waals surface area contributed by atoms with Crippen LogP contribution in [0, 0.1) is 0 Å². The van der Waals surface area contributed by atoms with E-state index in [1.165, 1.54) is 4.90 Å². The van der Waals surface area contributed by atoms with Crippen LogP contribution in [0.1, 0.15) is 6.42 Å². The van der Waals surface area contributed by atoms with E-state index in [1.54, 1.807) is 4.90 Å². The van der Waals surface area contributed by atoms with Crippen LogP contribution >= 0.6 is 24.8 Å². The molecule has 132 valence electrons. The number of hydrogen-bond acceptors (Lipinski definition) is 4. The Bertz CT molecular complexity index is 334. The molecular weight excluding hydrogens is 346 g/mol. The van der Waals surface area contributed by atoms with E-state index in [9.17, 15) is 18.0 Å². The second-order valence-electron chi connectivity index (χ2n) is 5.17. The fraction of sp³-hybridized carbons (Fsp3) is 0.917. The molecule has 2 fully saturated rings. The zero-order valence-electron chi connectivity index (χ0n) is 12.1. The molecule has 5 nitrogen and oxygen atoms in total. The molecule has 0 saturated carbocycles. The Balaban J connectivity index is 0.00000220. The van der Waals surface area contributed by atoms with Crippen molar-refractivity contribution in [3.8, 4) is 0 Å². The Hall–Kier alpha value is -0.280. The highest BCUT2D eigenvalue weighted by Crippen LogP contribution is 2.18. The lowest BCUT2D eigenvalue weighted by molar-refractivity contribution is -0.152. The number of piperazine rings is 1. The van der Waals surface area contributed by atoms with Crippen LogP contribution in [0.25, 0.3) is 0 Å². The summed E-state index contributed by atoms with van der Waals surface area (Å²) in [5.41, 5.74) is 0. The lowest BCUT2D eigenvalue weighted by Crippen LogP contribution is -2.52. The van der Waals surface area contributed by atoms with E-state index in [0.717, 1.165) is 6.54 Å². The van der Waals surface area contributed by atoms with Crippen molar-refractivity contribution in [3.63, 3.8) is 0 Å². The van der Waals surface area contributed by atoms with Crippen LogP contribution in [0.15, 0.2) is 0 Å². The van der Waals surface area contributed by atoms with E-state index in [-0.39, 0.29) is 49.9 Å². The number of carbonyl (C=O) groups is 1. The molecule has 22 heavy (non-hydrogen) atoms. The number of ether oxygens (including phenoxy) is 1. The Labute approximate surface area is 140 Å². The SMILES string of the molecule is Cl.Cl.O=C(CC1CNCCO1)N1CCN(CC(F)(F)F)CC1. The second-order valence-corrected chi connectivity index (χ2v) is 5.17. The van der Waals surface area contributed by atoms with Gasteiger partial charge in [0.2, 0.25) is 5.91 Å². The van der Waals surface area contributed by atoms with Gasteiger partial charge in [-0.05, 0) is 0 Å². The van der Waals surface area contributed by atoms with Gasteiger partial charge in [0, 0.05) is 39.3 Å². The Morgan fingerprint density at radius 1 is 1.18 bits per heavy atom. The fourth-order valence-electron chi connectivity index (χ4n) is 2.48. The average Bonchev–Trinajstić information content (AvgIpc) is 2.39. The van der Waals surface area contributed by atoms with Gasteiger partial charge in [-0.25, -0.2) is 0 Å². The number of morpholine rings is 1. The van der Waals surface area contributed by atoms with Gasteiger partial charge in [-0.3, -0.25) is 9.69 Å². The summed E-state index contributed by atoms with van der Waals surface area (Å²) in [6.07, 6.45) is -4.00. The maximum absolute atomic E-state index is 12.3. The number of hydrogen-bond donors (Lipinski definition) is 1. The summed E-state index contributed by atoms with van der Waals surface area (Å²) in [5.74, 6) is -0.0367. The minimum Gasteiger partial charge on any atom is -0.375 e. The molecule has 0 radical (unpaired) electrons. The zero-order chi connectivity index (χ0) is 14.6. The average molecular weight is 368 g/mol. The first-order valence-corrected chi connectivity index (χ1v) is 6.83. The maximum atomic E-state index is 12.3. The molecule has 1 amide bonds. The van der Waals surface area contributed by atoms with Gasteiger partial charge in [0.15, 0.2) is 0 Å². The van der Waals surface area contributed by atoms with Gasteiger partial charge in [-0.1, -0.05) is 0 Å². The van der Waals surface area contributed by atoms with E-state index in [0.29, 0.717) is 32.7 Å². The minimum atomic E-state index is -4.17. The first kappa shape index (κ1) is 21.7. The van der Waals surface area contributed by atoms with Gasteiger partial charge >= 0.3 is 6.18 Å². The predicted molar refractivity (Wildman–Crippen MR) is 80.8 cm³/mol. The summed E-state index contributed by atoms with van der Waals surface area (Å²) in [6, 6.07) is 0. The Morgan fingerprint density at radius 3 is 2.32 bits per heavy atom. The van der Waals surface area contributed by atoms with E-state index >= 15 is 0 Å². The second kappa shape index (κ2) is 9.77. The lowest BCUT2D eigenvalue weighted by atomic mass is 10.2. The minimum absolute atomic E-state index is 0. The van der Waals surface area contributed by atoms with E-state index in [1.807, 2.05) is 0 Å². The van der Waals surface area contributed by atoms with Crippen LogP contribution in [-0.2, 0) is 9.53 Å². The number of rotatable bonds is 3. The molecule has 0 aromatic heterocycles. The molecule has 2 aliphatic rings. The van der Waals surface area contributed by atoms with Crippen LogP contribution in [-0.4, -0.2) is 80.4 Å². The molecule has 0 bridgehead atoms. The third-order valence-corrected chi connectivity index (χ3v) is 3.53. The van der Waals surface area contributed by atoms with Crippen molar-refractivity contribution in [2.75, 3.05) is 52.4 Å². The molecule has 2 heterocycles. The molecule has 1 N–H and O–H groups in total. The fourth-order valence-corrected chi connectivity index (χ4v) is 2.48. The molecule has 10 heteroatoms. The van der Waals surface area contributed by atoms with E-state index < -0.39 is 12.7 Å². The normalized spacial score (nSPS) is 23.4. The molecule has 2 aliphatic heterocycles. The molecule has 0 aromatic rings. The quantitative estimate of drug-likeness (QED) is 0.805. The smallest absolute Gasteiger partial charge is 0.375 e. The first-order valence-electron chi connectivity index (χ1n) is 6.83. The number of carbonyl (C=O) groups excluding carboxylic acids is 1. The standard InChI is InChI=1S/C12H20F3N3O2.2ClH/c13-12(14,15)9-17-2-4-18(5-3-17)11(19)7-10-8-16-1-6-20-10;;/h10,16H,1-9H2;2*1H. The summed E-state index contributed by atoms with van der Waals surface area (Å²) in [7, 11) is 0. The first-order chi connectivity index (χ1) is 9.44.